The third kappa shape index (κ3) is 2.09. The molecule has 84 valence electrons. The van der Waals surface area contributed by atoms with E-state index in [-0.39, 0.29) is 17.9 Å². The molecule has 3 heteroatoms. The molecule has 1 aliphatic heterocycles. The summed E-state index contributed by atoms with van der Waals surface area (Å²) in [5, 5.41) is 2.94. The molecule has 3 nitrogen and oxygen atoms in total. The van der Waals surface area contributed by atoms with Gasteiger partial charge in [-0.3, -0.25) is 4.79 Å². The Bertz CT molecular complexity index is 386. The third-order valence-corrected chi connectivity index (χ3v) is 3.26. The summed E-state index contributed by atoms with van der Waals surface area (Å²) in [5.74, 6) is 0.798. The van der Waals surface area contributed by atoms with Crippen LogP contribution in [0.1, 0.15) is 17.9 Å². The zero-order chi connectivity index (χ0) is 11.0. The molecule has 1 amide bonds. The van der Waals surface area contributed by atoms with E-state index in [0.29, 0.717) is 12.5 Å². The molecule has 1 aromatic rings. The lowest BCUT2D eigenvalue weighted by Crippen LogP contribution is -2.29. The monoisotopic (exact) mass is 217 g/mol. The van der Waals surface area contributed by atoms with Crippen LogP contribution in [0.5, 0.6) is 0 Å². The lowest BCUT2D eigenvalue weighted by Gasteiger charge is -2.02. The maximum Gasteiger partial charge on any atom is 0.223 e. The fourth-order valence-electron chi connectivity index (χ4n) is 2.08. The Morgan fingerprint density at radius 2 is 2.12 bits per heavy atom. The second-order valence-corrected chi connectivity index (χ2v) is 4.56. The van der Waals surface area contributed by atoms with Crippen molar-refractivity contribution in [1.29, 1.82) is 0 Å². The van der Waals surface area contributed by atoms with Gasteiger partial charge < -0.3 is 10.1 Å². The molecule has 0 unspecified atom stereocenters. The molecular formula is C13H15NO2. The predicted octanol–water partition coefficient (Wildman–Crippen LogP) is 1.31. The highest BCUT2D eigenvalue weighted by Crippen LogP contribution is 2.47. The predicted molar refractivity (Wildman–Crippen MR) is 60.0 cm³/mol. The van der Waals surface area contributed by atoms with Gasteiger partial charge in [0.1, 0.15) is 0 Å². The molecule has 0 aromatic heterocycles. The minimum atomic E-state index is 0.182. The van der Waals surface area contributed by atoms with E-state index in [0.717, 1.165) is 13.0 Å². The van der Waals surface area contributed by atoms with E-state index in [1.165, 1.54) is 5.56 Å². The molecule has 1 heterocycles. The molecule has 3 atom stereocenters. The van der Waals surface area contributed by atoms with Crippen LogP contribution in [0.15, 0.2) is 30.3 Å². The summed E-state index contributed by atoms with van der Waals surface area (Å²) in [5.41, 5.74) is 1.28. The summed E-state index contributed by atoms with van der Waals surface area (Å²) in [6.07, 6.45) is 1.26. The number of epoxide rings is 1. The first-order chi connectivity index (χ1) is 7.84. The van der Waals surface area contributed by atoms with Gasteiger partial charge in [0, 0.05) is 12.5 Å². The van der Waals surface area contributed by atoms with Crippen LogP contribution >= 0.6 is 0 Å². The molecule has 1 saturated carbocycles. The zero-order valence-corrected chi connectivity index (χ0v) is 9.06. The molecule has 1 aliphatic carbocycles. The Morgan fingerprint density at radius 3 is 2.81 bits per heavy atom. The Labute approximate surface area is 94.8 Å². The number of hydrogen-bond acceptors (Lipinski definition) is 2. The van der Waals surface area contributed by atoms with E-state index in [9.17, 15) is 4.79 Å². The van der Waals surface area contributed by atoms with Gasteiger partial charge in [0.05, 0.1) is 12.7 Å². The van der Waals surface area contributed by atoms with Crippen molar-refractivity contribution in [1.82, 2.24) is 5.32 Å². The fourth-order valence-corrected chi connectivity index (χ4v) is 2.08. The van der Waals surface area contributed by atoms with Crippen molar-refractivity contribution >= 4 is 5.91 Å². The second kappa shape index (κ2) is 3.91. The number of carbonyl (C=O) groups is 1. The van der Waals surface area contributed by atoms with Gasteiger partial charge in [0.15, 0.2) is 0 Å². The molecule has 1 N–H and O–H groups in total. The highest BCUT2D eigenvalue weighted by atomic mass is 16.6. The highest BCUT2D eigenvalue weighted by Gasteiger charge is 2.44. The van der Waals surface area contributed by atoms with Crippen molar-refractivity contribution < 1.29 is 9.53 Å². The smallest absolute Gasteiger partial charge is 0.223 e. The van der Waals surface area contributed by atoms with E-state index < -0.39 is 0 Å². The summed E-state index contributed by atoms with van der Waals surface area (Å²) in [7, 11) is 0. The molecule has 2 aliphatic rings. The summed E-state index contributed by atoms with van der Waals surface area (Å²) >= 11 is 0. The molecule has 2 fully saturated rings. The molecule has 0 radical (unpaired) electrons. The van der Waals surface area contributed by atoms with Crippen LogP contribution in [-0.4, -0.2) is 25.2 Å². The Hall–Kier alpha value is -1.35. The lowest BCUT2D eigenvalue weighted by molar-refractivity contribution is -0.122. The van der Waals surface area contributed by atoms with Crippen molar-refractivity contribution in [3.05, 3.63) is 35.9 Å². The van der Waals surface area contributed by atoms with Crippen molar-refractivity contribution in [2.75, 3.05) is 13.2 Å². The van der Waals surface area contributed by atoms with Gasteiger partial charge in [-0.25, -0.2) is 0 Å². The van der Waals surface area contributed by atoms with Crippen molar-refractivity contribution in [2.24, 2.45) is 5.92 Å². The number of carbonyl (C=O) groups excluding carboxylic acids is 1. The van der Waals surface area contributed by atoms with E-state index in [1.807, 2.05) is 18.2 Å². The molecule has 1 aromatic carbocycles. The Kier molecular flexibility index (Phi) is 2.40. The van der Waals surface area contributed by atoms with Crippen molar-refractivity contribution in [2.45, 2.75) is 18.4 Å². The maximum atomic E-state index is 11.8. The first-order valence-electron chi connectivity index (χ1n) is 5.79. The SMILES string of the molecule is O=C(NC[C@@H]1CO1)[C@@H]1C[C@@H]1c1ccccc1. The van der Waals surface area contributed by atoms with Crippen molar-refractivity contribution in [3.8, 4) is 0 Å². The number of benzene rings is 1. The normalized spacial score (nSPS) is 30.9. The second-order valence-electron chi connectivity index (χ2n) is 4.56. The molecular weight excluding hydrogens is 202 g/mol. The van der Waals surface area contributed by atoms with Crippen LogP contribution in [0.4, 0.5) is 0 Å². The summed E-state index contributed by atoms with van der Waals surface area (Å²) in [6.45, 7) is 1.48. The molecule has 3 rings (SSSR count). The molecule has 1 saturated heterocycles. The van der Waals surface area contributed by atoms with E-state index >= 15 is 0 Å². The topological polar surface area (TPSA) is 41.6 Å². The van der Waals surface area contributed by atoms with Gasteiger partial charge >= 0.3 is 0 Å². The largest absolute Gasteiger partial charge is 0.371 e. The number of nitrogens with one attached hydrogen (secondary N) is 1. The molecule has 0 bridgehead atoms. The number of ether oxygens (including phenoxy) is 1. The minimum absolute atomic E-state index is 0.182. The quantitative estimate of drug-likeness (QED) is 0.772. The van der Waals surface area contributed by atoms with Crippen LogP contribution in [0.25, 0.3) is 0 Å². The van der Waals surface area contributed by atoms with Crippen molar-refractivity contribution in [3.63, 3.8) is 0 Å². The number of hydrogen-bond donors (Lipinski definition) is 1. The first-order valence-corrected chi connectivity index (χ1v) is 5.79. The molecule has 0 spiro atoms. The Balaban J connectivity index is 1.52. The van der Waals surface area contributed by atoms with Crippen LogP contribution in [0.2, 0.25) is 0 Å². The van der Waals surface area contributed by atoms with Crippen LogP contribution in [-0.2, 0) is 9.53 Å². The van der Waals surface area contributed by atoms with Gasteiger partial charge in [0.2, 0.25) is 5.91 Å². The zero-order valence-electron chi connectivity index (χ0n) is 9.06. The number of rotatable bonds is 4. The highest BCUT2D eigenvalue weighted by molar-refractivity contribution is 5.82. The molecule has 16 heavy (non-hydrogen) atoms. The van der Waals surface area contributed by atoms with E-state index in [4.69, 9.17) is 4.74 Å². The lowest BCUT2D eigenvalue weighted by atomic mass is 10.1. The van der Waals surface area contributed by atoms with Gasteiger partial charge in [-0.2, -0.15) is 0 Å². The standard InChI is InChI=1S/C13H15NO2/c15-13(14-7-10-8-16-10)12-6-11(12)9-4-2-1-3-5-9/h1-5,10-12H,6-8H2,(H,14,15)/t10-,11-,12-/m1/s1. The average Bonchev–Trinajstić information content (AvgIpc) is 3.19. The number of amides is 1. The van der Waals surface area contributed by atoms with Crippen LogP contribution in [0.3, 0.4) is 0 Å². The van der Waals surface area contributed by atoms with Gasteiger partial charge in [-0.1, -0.05) is 30.3 Å². The van der Waals surface area contributed by atoms with Crippen LogP contribution < -0.4 is 5.32 Å². The average molecular weight is 217 g/mol. The summed E-state index contributed by atoms with van der Waals surface area (Å²) < 4.78 is 5.06. The van der Waals surface area contributed by atoms with Gasteiger partial charge in [0.25, 0.3) is 0 Å². The third-order valence-electron chi connectivity index (χ3n) is 3.26. The maximum absolute atomic E-state index is 11.8. The minimum Gasteiger partial charge on any atom is -0.371 e. The Morgan fingerprint density at radius 1 is 1.38 bits per heavy atom. The van der Waals surface area contributed by atoms with E-state index in [2.05, 4.69) is 17.4 Å². The van der Waals surface area contributed by atoms with Gasteiger partial charge in [-0.15, -0.1) is 0 Å². The van der Waals surface area contributed by atoms with Crippen LogP contribution in [0, 0.1) is 5.92 Å². The summed E-state index contributed by atoms with van der Waals surface area (Å²) in [4.78, 5) is 11.8. The van der Waals surface area contributed by atoms with E-state index in [1.54, 1.807) is 0 Å². The fraction of sp³-hybridized carbons (Fsp3) is 0.462. The van der Waals surface area contributed by atoms with Gasteiger partial charge in [-0.05, 0) is 17.9 Å². The summed E-state index contributed by atoms with van der Waals surface area (Å²) in [6, 6.07) is 10.3. The first kappa shape index (κ1) is 9.85.